The monoisotopic (exact) mass is 388 g/mol. The maximum absolute atomic E-state index is 12.3. The molecule has 0 saturated heterocycles. The predicted octanol–water partition coefficient (Wildman–Crippen LogP) is 3.41. The Bertz CT molecular complexity index is 899. The van der Waals surface area contributed by atoms with E-state index < -0.39 is 10.8 Å². The second kappa shape index (κ2) is 8.91. The topological polar surface area (TPSA) is 105 Å². The molecule has 0 radical (unpaired) electrons. The molecule has 0 unspecified atom stereocenters. The van der Waals surface area contributed by atoms with Gasteiger partial charge in [-0.1, -0.05) is 29.8 Å². The number of anilines is 1. The molecular weight excluding hydrogens is 372 g/mol. The van der Waals surface area contributed by atoms with Crippen LogP contribution in [0.5, 0.6) is 0 Å². The van der Waals surface area contributed by atoms with Gasteiger partial charge in [0, 0.05) is 30.1 Å². The largest absolute Gasteiger partial charge is 0.315 e. The van der Waals surface area contributed by atoms with E-state index in [1.54, 1.807) is 14.0 Å². The molecule has 0 heterocycles. The first-order valence-electron chi connectivity index (χ1n) is 7.88. The zero-order chi connectivity index (χ0) is 20.0. The average molecular weight is 389 g/mol. The minimum Gasteiger partial charge on any atom is -0.315 e. The summed E-state index contributed by atoms with van der Waals surface area (Å²) in [6.07, 6.45) is 0.0205. The maximum Gasteiger partial charge on any atom is 0.287 e. The summed E-state index contributed by atoms with van der Waals surface area (Å²) in [5.41, 5.74) is 3.30. The van der Waals surface area contributed by atoms with Crippen LogP contribution in [0.3, 0.4) is 0 Å². The molecular formula is C18H17ClN4O4. The number of nitrogens with zero attached hydrogens (tertiary/aromatic N) is 3. The van der Waals surface area contributed by atoms with Crippen molar-refractivity contribution in [2.75, 3.05) is 11.9 Å². The van der Waals surface area contributed by atoms with Gasteiger partial charge in [-0.3, -0.25) is 19.7 Å². The number of carbonyl (C=O) groups excluding carboxylic acids is 2. The van der Waals surface area contributed by atoms with Crippen molar-refractivity contribution in [3.63, 3.8) is 0 Å². The minimum atomic E-state index is -0.638. The molecule has 0 aliphatic carbocycles. The van der Waals surface area contributed by atoms with E-state index in [1.165, 1.54) is 17.0 Å². The lowest BCUT2D eigenvalue weighted by Crippen LogP contribution is -2.28. The highest BCUT2D eigenvalue weighted by Crippen LogP contribution is 2.24. The van der Waals surface area contributed by atoms with E-state index in [0.29, 0.717) is 5.71 Å². The molecule has 1 N–H and O–H groups in total. The molecule has 0 aromatic heterocycles. The highest BCUT2D eigenvalue weighted by molar-refractivity contribution is 6.33. The van der Waals surface area contributed by atoms with Crippen LogP contribution in [0.15, 0.2) is 53.6 Å². The van der Waals surface area contributed by atoms with Gasteiger partial charge in [0.15, 0.2) is 0 Å². The quantitative estimate of drug-likeness (QED) is 0.465. The minimum absolute atomic E-state index is 0.0205. The smallest absolute Gasteiger partial charge is 0.287 e. The molecule has 0 bridgehead atoms. The summed E-state index contributed by atoms with van der Waals surface area (Å²) in [6.45, 7) is 1.61. The zero-order valence-electron chi connectivity index (χ0n) is 14.7. The van der Waals surface area contributed by atoms with Crippen LogP contribution in [0.1, 0.15) is 23.7 Å². The lowest BCUT2D eigenvalue weighted by Gasteiger charge is -2.17. The van der Waals surface area contributed by atoms with Gasteiger partial charge < -0.3 is 4.90 Å². The van der Waals surface area contributed by atoms with Gasteiger partial charge in [-0.25, -0.2) is 5.43 Å². The number of para-hydroxylation sites is 1. The van der Waals surface area contributed by atoms with Gasteiger partial charge in [-0.05, 0) is 31.2 Å². The fourth-order valence-corrected chi connectivity index (χ4v) is 2.43. The van der Waals surface area contributed by atoms with Crippen molar-refractivity contribution >= 4 is 40.5 Å². The van der Waals surface area contributed by atoms with Crippen LogP contribution < -0.4 is 10.3 Å². The Morgan fingerprint density at radius 2 is 1.89 bits per heavy atom. The Morgan fingerprint density at radius 1 is 1.22 bits per heavy atom. The van der Waals surface area contributed by atoms with Gasteiger partial charge in [0.25, 0.3) is 11.6 Å². The number of halogens is 1. The van der Waals surface area contributed by atoms with E-state index >= 15 is 0 Å². The molecule has 2 amide bonds. The summed E-state index contributed by atoms with van der Waals surface area (Å²) in [4.78, 5) is 35.9. The molecule has 9 heteroatoms. The number of rotatable bonds is 6. The van der Waals surface area contributed by atoms with Gasteiger partial charge in [0.05, 0.1) is 11.3 Å². The number of hydrazone groups is 1. The number of hydrogen-bond acceptors (Lipinski definition) is 5. The number of carbonyl (C=O) groups is 2. The van der Waals surface area contributed by atoms with Crippen molar-refractivity contribution in [1.82, 2.24) is 5.43 Å². The number of benzene rings is 2. The van der Waals surface area contributed by atoms with Gasteiger partial charge in [0.1, 0.15) is 5.02 Å². The summed E-state index contributed by atoms with van der Waals surface area (Å²) in [6, 6.07) is 12.7. The van der Waals surface area contributed by atoms with Gasteiger partial charge in [-0.2, -0.15) is 5.10 Å². The standard InChI is InChI=1S/C18H17ClN4O4/c1-12(10-17(24)22(2)14-6-4-3-5-7-14)20-21-18(25)13-8-9-16(23(26)27)15(19)11-13/h3-9,11H,10H2,1-2H3,(H,21,25)/b20-12+. The zero-order valence-corrected chi connectivity index (χ0v) is 15.4. The lowest BCUT2D eigenvalue weighted by atomic mass is 10.2. The first-order valence-corrected chi connectivity index (χ1v) is 8.26. The molecule has 2 aromatic carbocycles. The third kappa shape index (κ3) is 5.35. The lowest BCUT2D eigenvalue weighted by molar-refractivity contribution is -0.384. The van der Waals surface area contributed by atoms with Crippen molar-refractivity contribution < 1.29 is 14.5 Å². The van der Waals surface area contributed by atoms with Gasteiger partial charge in [0.2, 0.25) is 5.91 Å². The van der Waals surface area contributed by atoms with Crippen molar-refractivity contribution in [3.05, 3.63) is 69.2 Å². The third-order valence-electron chi connectivity index (χ3n) is 3.68. The maximum atomic E-state index is 12.3. The van der Waals surface area contributed by atoms with Crippen LogP contribution in [-0.4, -0.2) is 29.5 Å². The number of nitro benzene ring substituents is 1. The SMILES string of the molecule is C/C(CC(=O)N(C)c1ccccc1)=N\NC(=O)c1ccc([N+](=O)[O-])c(Cl)c1. The van der Waals surface area contributed by atoms with Gasteiger partial charge in [-0.15, -0.1) is 0 Å². The van der Waals surface area contributed by atoms with E-state index in [0.717, 1.165) is 11.8 Å². The molecule has 0 aliphatic heterocycles. The molecule has 0 spiro atoms. The first-order chi connectivity index (χ1) is 12.8. The highest BCUT2D eigenvalue weighted by atomic mass is 35.5. The van der Waals surface area contributed by atoms with E-state index in [-0.39, 0.29) is 28.6 Å². The fraction of sp³-hybridized carbons (Fsp3) is 0.167. The molecule has 0 aliphatic rings. The second-order valence-corrected chi connectivity index (χ2v) is 6.08. The first kappa shape index (κ1) is 20.1. The summed E-state index contributed by atoms with van der Waals surface area (Å²) < 4.78 is 0. The molecule has 2 rings (SSSR count). The van der Waals surface area contributed by atoms with E-state index in [9.17, 15) is 19.7 Å². The number of nitro groups is 1. The van der Waals surface area contributed by atoms with Crippen LogP contribution in [0.4, 0.5) is 11.4 Å². The molecule has 2 aromatic rings. The molecule has 0 fully saturated rings. The van der Waals surface area contributed by atoms with Crippen LogP contribution in [-0.2, 0) is 4.79 Å². The van der Waals surface area contributed by atoms with E-state index in [2.05, 4.69) is 10.5 Å². The number of nitrogens with one attached hydrogen (secondary N) is 1. The van der Waals surface area contributed by atoms with Gasteiger partial charge >= 0.3 is 0 Å². The number of hydrogen-bond donors (Lipinski definition) is 1. The Morgan fingerprint density at radius 3 is 2.48 bits per heavy atom. The Labute approximate surface area is 160 Å². The third-order valence-corrected chi connectivity index (χ3v) is 3.98. The average Bonchev–Trinajstić information content (AvgIpc) is 2.65. The van der Waals surface area contributed by atoms with Crippen LogP contribution >= 0.6 is 11.6 Å². The van der Waals surface area contributed by atoms with Crippen molar-refractivity contribution in [3.8, 4) is 0 Å². The second-order valence-electron chi connectivity index (χ2n) is 5.68. The number of amides is 2. The summed E-state index contributed by atoms with van der Waals surface area (Å²) in [5.74, 6) is -0.773. The predicted molar refractivity (Wildman–Crippen MR) is 103 cm³/mol. The van der Waals surface area contributed by atoms with Crippen molar-refractivity contribution in [1.29, 1.82) is 0 Å². The molecule has 140 valence electrons. The Kier molecular flexibility index (Phi) is 6.62. The van der Waals surface area contributed by atoms with Crippen LogP contribution in [0.2, 0.25) is 5.02 Å². The summed E-state index contributed by atoms with van der Waals surface area (Å²) in [7, 11) is 1.66. The van der Waals surface area contributed by atoms with Crippen LogP contribution in [0, 0.1) is 10.1 Å². The van der Waals surface area contributed by atoms with E-state index in [1.807, 2.05) is 30.3 Å². The fourth-order valence-electron chi connectivity index (χ4n) is 2.18. The molecule has 0 saturated carbocycles. The normalized spacial score (nSPS) is 11.0. The molecule has 8 nitrogen and oxygen atoms in total. The highest BCUT2D eigenvalue weighted by Gasteiger charge is 2.16. The summed E-state index contributed by atoms with van der Waals surface area (Å²) in [5, 5.41) is 14.5. The molecule has 27 heavy (non-hydrogen) atoms. The summed E-state index contributed by atoms with van der Waals surface area (Å²) >= 11 is 5.79. The van der Waals surface area contributed by atoms with E-state index in [4.69, 9.17) is 11.6 Å². The molecule has 0 atom stereocenters. The van der Waals surface area contributed by atoms with Crippen LogP contribution in [0.25, 0.3) is 0 Å². The Hall–Kier alpha value is -3.26. The Balaban J connectivity index is 1.98. The van der Waals surface area contributed by atoms with Crippen molar-refractivity contribution in [2.24, 2.45) is 5.10 Å². The van der Waals surface area contributed by atoms with Crippen molar-refractivity contribution in [2.45, 2.75) is 13.3 Å².